The summed E-state index contributed by atoms with van der Waals surface area (Å²) in [5.41, 5.74) is 3.24. The summed E-state index contributed by atoms with van der Waals surface area (Å²) in [6, 6.07) is 23.0. The second-order valence-electron chi connectivity index (χ2n) is 7.95. The Morgan fingerprint density at radius 3 is 2.61 bits per heavy atom. The minimum atomic E-state index is -0.487. The lowest BCUT2D eigenvalue weighted by atomic mass is 10.0. The number of non-ortho nitro benzene ring substituents is 1. The van der Waals surface area contributed by atoms with Crippen LogP contribution in [0.3, 0.4) is 0 Å². The second-order valence-corrected chi connectivity index (χ2v) is 8.38. The van der Waals surface area contributed by atoms with E-state index in [4.69, 9.17) is 11.6 Å². The third-order valence-corrected chi connectivity index (χ3v) is 5.76. The number of allylic oxidation sites excluding steroid dienone is 1. The Kier molecular flexibility index (Phi) is 6.29. The van der Waals surface area contributed by atoms with Gasteiger partial charge in [-0.15, -0.1) is 5.10 Å². The Morgan fingerprint density at radius 2 is 1.86 bits per heavy atom. The lowest BCUT2D eigenvalue weighted by Crippen LogP contribution is -2.20. The summed E-state index contributed by atoms with van der Waals surface area (Å²) in [5, 5.41) is 22.0. The van der Waals surface area contributed by atoms with Gasteiger partial charge >= 0.3 is 0 Å². The van der Waals surface area contributed by atoms with Gasteiger partial charge in [0.1, 0.15) is 6.04 Å². The third kappa shape index (κ3) is 5.01. The average molecular weight is 499 g/mol. The Hall–Kier alpha value is -4.76. The van der Waals surface area contributed by atoms with Gasteiger partial charge in [-0.1, -0.05) is 66.2 Å². The van der Waals surface area contributed by atoms with Crippen LogP contribution in [0.25, 0.3) is 11.8 Å². The zero-order chi connectivity index (χ0) is 25.1. The number of aromatic nitrogens is 3. The standard InChI is InChI=1S/C26H19ClN6O3/c27-20-12-10-18(11-13-20)22-16-23(19-6-2-1-3-7-19)32-26(28-22)30-25(31-32)29-24(34)14-9-17-5-4-8-21(15-17)33(35)36/h1-16,23H,(H2,28,29,30,31,34)/b14-9+. The van der Waals surface area contributed by atoms with E-state index >= 15 is 0 Å². The summed E-state index contributed by atoms with van der Waals surface area (Å²) in [6.45, 7) is 0. The van der Waals surface area contributed by atoms with Crippen molar-refractivity contribution in [3.8, 4) is 0 Å². The molecule has 10 heteroatoms. The number of nitro benzene ring substituents is 1. The van der Waals surface area contributed by atoms with Crippen molar-refractivity contribution in [1.29, 1.82) is 0 Å². The number of nitro groups is 1. The van der Waals surface area contributed by atoms with Gasteiger partial charge in [0, 0.05) is 28.9 Å². The molecule has 0 saturated heterocycles. The van der Waals surface area contributed by atoms with E-state index in [1.807, 2.05) is 60.7 Å². The number of rotatable bonds is 6. The number of nitrogens with one attached hydrogen (secondary N) is 2. The highest BCUT2D eigenvalue weighted by atomic mass is 35.5. The van der Waals surface area contributed by atoms with Gasteiger partial charge < -0.3 is 5.32 Å². The number of anilines is 2. The molecule has 0 aliphatic carbocycles. The van der Waals surface area contributed by atoms with Crippen molar-refractivity contribution >= 4 is 46.9 Å². The number of amides is 1. The normalized spacial score (nSPS) is 14.6. The molecule has 4 aromatic rings. The molecule has 2 heterocycles. The van der Waals surface area contributed by atoms with Crippen LogP contribution in [-0.4, -0.2) is 25.6 Å². The average Bonchev–Trinajstić information content (AvgIpc) is 3.30. The van der Waals surface area contributed by atoms with Crippen LogP contribution in [-0.2, 0) is 4.79 Å². The van der Waals surface area contributed by atoms with E-state index in [1.54, 1.807) is 16.8 Å². The molecule has 2 N–H and O–H groups in total. The first kappa shape index (κ1) is 23.0. The first-order chi connectivity index (χ1) is 17.5. The summed E-state index contributed by atoms with van der Waals surface area (Å²) >= 11 is 6.05. The number of fused-ring (bicyclic) bond motifs is 1. The molecule has 1 unspecified atom stereocenters. The highest BCUT2D eigenvalue weighted by Crippen LogP contribution is 2.33. The molecule has 0 fully saturated rings. The quantitative estimate of drug-likeness (QED) is 0.205. The molecule has 178 valence electrons. The van der Waals surface area contributed by atoms with E-state index in [-0.39, 0.29) is 17.7 Å². The first-order valence-electron chi connectivity index (χ1n) is 11.0. The van der Waals surface area contributed by atoms with E-state index in [2.05, 4.69) is 20.7 Å². The summed E-state index contributed by atoms with van der Waals surface area (Å²) in [4.78, 5) is 27.5. The van der Waals surface area contributed by atoms with Crippen LogP contribution < -0.4 is 10.6 Å². The minimum Gasteiger partial charge on any atom is -0.324 e. The number of hydrogen-bond donors (Lipinski definition) is 2. The van der Waals surface area contributed by atoms with Crippen molar-refractivity contribution in [3.63, 3.8) is 0 Å². The third-order valence-electron chi connectivity index (χ3n) is 5.51. The molecule has 0 bridgehead atoms. The highest BCUT2D eigenvalue weighted by Gasteiger charge is 2.25. The molecule has 0 radical (unpaired) electrons. The molecule has 3 aromatic carbocycles. The van der Waals surface area contributed by atoms with Crippen LogP contribution in [0.15, 0.2) is 91.0 Å². The monoisotopic (exact) mass is 498 g/mol. The van der Waals surface area contributed by atoms with Gasteiger partial charge in [-0.3, -0.25) is 20.2 Å². The Balaban J connectivity index is 1.40. The second kappa shape index (κ2) is 9.85. The molecule has 0 spiro atoms. The van der Waals surface area contributed by atoms with Crippen molar-refractivity contribution in [3.05, 3.63) is 123 Å². The number of carbonyl (C=O) groups excluding carboxylic acids is 1. The van der Waals surface area contributed by atoms with Crippen molar-refractivity contribution in [2.45, 2.75) is 6.04 Å². The molecule has 1 aliphatic rings. The number of hydrogen-bond acceptors (Lipinski definition) is 6. The molecule has 5 rings (SSSR count). The van der Waals surface area contributed by atoms with E-state index < -0.39 is 10.8 Å². The van der Waals surface area contributed by atoms with Crippen LogP contribution in [0, 0.1) is 10.1 Å². The van der Waals surface area contributed by atoms with Crippen molar-refractivity contribution in [2.75, 3.05) is 10.6 Å². The lowest BCUT2D eigenvalue weighted by Gasteiger charge is -2.24. The fourth-order valence-corrected chi connectivity index (χ4v) is 3.92. The lowest BCUT2D eigenvalue weighted by molar-refractivity contribution is -0.384. The maximum absolute atomic E-state index is 12.5. The van der Waals surface area contributed by atoms with E-state index in [9.17, 15) is 14.9 Å². The summed E-state index contributed by atoms with van der Waals surface area (Å²) in [7, 11) is 0. The minimum absolute atomic E-state index is 0.0528. The highest BCUT2D eigenvalue weighted by molar-refractivity contribution is 6.30. The Morgan fingerprint density at radius 1 is 1.08 bits per heavy atom. The Labute approximate surface area is 210 Å². The number of nitrogens with zero attached hydrogens (tertiary/aromatic N) is 4. The maximum atomic E-state index is 12.5. The van der Waals surface area contributed by atoms with Gasteiger partial charge in [0.25, 0.3) is 17.5 Å². The van der Waals surface area contributed by atoms with Crippen LogP contribution in [0.5, 0.6) is 0 Å². The van der Waals surface area contributed by atoms with Gasteiger partial charge in [0.2, 0.25) is 5.95 Å². The molecule has 1 aromatic heterocycles. The van der Waals surface area contributed by atoms with Crippen LogP contribution >= 0.6 is 11.6 Å². The zero-order valence-electron chi connectivity index (χ0n) is 18.7. The van der Waals surface area contributed by atoms with Gasteiger partial charge in [0.15, 0.2) is 0 Å². The SMILES string of the molecule is O=C(/C=C/c1cccc([N+](=O)[O-])c1)Nc1nc2n(n1)C(c1ccccc1)C=C(c1ccc(Cl)cc1)N2. The van der Waals surface area contributed by atoms with Gasteiger partial charge in [-0.25, -0.2) is 4.68 Å². The van der Waals surface area contributed by atoms with Crippen LogP contribution in [0.1, 0.15) is 22.7 Å². The topological polar surface area (TPSA) is 115 Å². The fourth-order valence-electron chi connectivity index (χ4n) is 3.80. The van der Waals surface area contributed by atoms with E-state index in [0.29, 0.717) is 16.5 Å². The number of benzene rings is 3. The summed E-state index contributed by atoms with van der Waals surface area (Å²) in [6.07, 6.45) is 4.80. The molecule has 1 atom stereocenters. The largest absolute Gasteiger partial charge is 0.324 e. The smallest absolute Gasteiger partial charge is 0.270 e. The van der Waals surface area contributed by atoms with Gasteiger partial charge in [-0.05, 0) is 41.0 Å². The maximum Gasteiger partial charge on any atom is 0.270 e. The molecule has 36 heavy (non-hydrogen) atoms. The molecule has 0 saturated carbocycles. The first-order valence-corrected chi connectivity index (χ1v) is 11.3. The molecular formula is C26H19ClN6O3. The molecular weight excluding hydrogens is 480 g/mol. The van der Waals surface area contributed by atoms with E-state index in [1.165, 1.54) is 24.3 Å². The molecule has 9 nitrogen and oxygen atoms in total. The fraction of sp³-hybridized carbons (Fsp3) is 0.0385. The van der Waals surface area contributed by atoms with Crippen molar-refractivity contribution in [1.82, 2.24) is 14.8 Å². The predicted octanol–water partition coefficient (Wildman–Crippen LogP) is 5.55. The molecule has 1 aliphatic heterocycles. The summed E-state index contributed by atoms with van der Waals surface area (Å²) < 4.78 is 1.70. The number of halogens is 1. The Bertz CT molecular complexity index is 1500. The molecule has 1 amide bonds. The van der Waals surface area contributed by atoms with Gasteiger partial charge in [0.05, 0.1) is 4.92 Å². The van der Waals surface area contributed by atoms with Crippen LogP contribution in [0.4, 0.5) is 17.6 Å². The number of carbonyl (C=O) groups is 1. The van der Waals surface area contributed by atoms with Crippen molar-refractivity contribution < 1.29 is 9.72 Å². The van der Waals surface area contributed by atoms with Crippen LogP contribution in [0.2, 0.25) is 5.02 Å². The zero-order valence-corrected chi connectivity index (χ0v) is 19.5. The van der Waals surface area contributed by atoms with Crippen molar-refractivity contribution in [2.24, 2.45) is 0 Å². The van der Waals surface area contributed by atoms with E-state index in [0.717, 1.165) is 16.8 Å². The van der Waals surface area contributed by atoms with Gasteiger partial charge in [-0.2, -0.15) is 4.98 Å². The predicted molar refractivity (Wildman–Crippen MR) is 138 cm³/mol. The summed E-state index contributed by atoms with van der Waals surface area (Å²) in [5.74, 6) is 0.124.